The monoisotopic (exact) mass is 431 g/mol. The Kier molecular flexibility index (Phi) is 7.66. The molecule has 0 bridgehead atoms. The molecule has 0 spiro atoms. The molecular formula is C21H36F3N5O. The third kappa shape index (κ3) is 6.57. The van der Waals surface area contributed by atoms with Crippen LogP contribution in [0.5, 0.6) is 0 Å². The summed E-state index contributed by atoms with van der Waals surface area (Å²) in [5.41, 5.74) is 6.06. The lowest BCUT2D eigenvalue weighted by atomic mass is 9.82. The van der Waals surface area contributed by atoms with Gasteiger partial charge in [0.05, 0.1) is 5.92 Å². The zero-order chi connectivity index (χ0) is 21.9. The predicted octanol–water partition coefficient (Wildman–Crippen LogP) is 3.04. The van der Waals surface area contributed by atoms with Gasteiger partial charge in [-0.25, -0.2) is 23.6 Å². The zero-order valence-corrected chi connectivity index (χ0v) is 18.2. The number of rotatable bonds is 3. The second-order valence-corrected chi connectivity index (χ2v) is 10.0. The normalized spacial score (nSPS) is 38.3. The van der Waals surface area contributed by atoms with Crippen molar-refractivity contribution in [3.05, 3.63) is 0 Å². The highest BCUT2D eigenvalue weighted by Crippen LogP contribution is 2.32. The summed E-state index contributed by atoms with van der Waals surface area (Å²) < 4.78 is 41.0. The molecule has 1 saturated heterocycles. The molecule has 3 aliphatic rings. The van der Waals surface area contributed by atoms with Gasteiger partial charge in [-0.1, -0.05) is 0 Å². The number of hydrogen-bond donors (Lipinski definition) is 4. The molecule has 0 aromatic heterocycles. The molecule has 1 aliphatic heterocycles. The van der Waals surface area contributed by atoms with Crippen molar-refractivity contribution >= 4 is 11.9 Å². The quantitative estimate of drug-likeness (QED) is 0.409. The van der Waals surface area contributed by atoms with Crippen LogP contribution in [0.25, 0.3) is 0 Å². The van der Waals surface area contributed by atoms with Crippen LogP contribution in [0.2, 0.25) is 0 Å². The van der Waals surface area contributed by atoms with E-state index in [0.717, 1.165) is 19.3 Å². The highest BCUT2D eigenvalue weighted by Gasteiger charge is 2.37. The minimum absolute atomic E-state index is 0.194. The van der Waals surface area contributed by atoms with Gasteiger partial charge in [-0.2, -0.15) is 0 Å². The van der Waals surface area contributed by atoms with Crippen LogP contribution in [0.15, 0.2) is 4.99 Å². The molecule has 1 heterocycles. The van der Waals surface area contributed by atoms with Gasteiger partial charge in [0.25, 0.3) is 0 Å². The number of amides is 1. The van der Waals surface area contributed by atoms with Crippen LogP contribution in [0.4, 0.5) is 13.2 Å². The molecule has 9 heteroatoms. The van der Waals surface area contributed by atoms with Gasteiger partial charge in [0.15, 0.2) is 5.96 Å². The highest BCUT2D eigenvalue weighted by atomic mass is 19.1. The Labute approximate surface area is 177 Å². The van der Waals surface area contributed by atoms with Gasteiger partial charge in [0.1, 0.15) is 24.7 Å². The number of halogens is 3. The van der Waals surface area contributed by atoms with E-state index >= 15 is 0 Å². The van der Waals surface area contributed by atoms with E-state index in [0.29, 0.717) is 18.8 Å². The molecule has 3 rings (SSSR count). The molecule has 0 aromatic carbocycles. The van der Waals surface area contributed by atoms with Crippen LogP contribution in [0.3, 0.4) is 0 Å². The maximum absolute atomic E-state index is 14.2. The van der Waals surface area contributed by atoms with Crippen molar-refractivity contribution in [1.29, 1.82) is 0 Å². The first-order valence-corrected chi connectivity index (χ1v) is 11.2. The molecular weight excluding hydrogens is 395 g/mol. The summed E-state index contributed by atoms with van der Waals surface area (Å²) in [6.45, 7) is 5.83. The fourth-order valence-corrected chi connectivity index (χ4v) is 4.62. The number of nitrogens with one attached hydrogen (secondary N) is 4. The summed E-state index contributed by atoms with van der Waals surface area (Å²) in [7, 11) is 0. The topological polar surface area (TPSA) is 77.6 Å². The summed E-state index contributed by atoms with van der Waals surface area (Å²) in [4.78, 5) is 17.3. The van der Waals surface area contributed by atoms with Gasteiger partial charge in [0, 0.05) is 24.4 Å². The number of aliphatic imine (C=N–C) groups is 1. The summed E-state index contributed by atoms with van der Waals surface area (Å²) in [6.07, 6.45) is 0.221. The number of hydrogen-bond acceptors (Lipinski definition) is 4. The average Bonchev–Trinajstić information content (AvgIpc) is 3.09. The second-order valence-electron chi connectivity index (χ2n) is 10.0. The maximum atomic E-state index is 14.2. The number of nitrogens with zero attached hydrogens (tertiary/aromatic N) is 1. The third-order valence-corrected chi connectivity index (χ3v) is 6.25. The lowest BCUT2D eigenvalue weighted by molar-refractivity contribution is -0.127. The zero-order valence-electron chi connectivity index (χ0n) is 18.2. The lowest BCUT2D eigenvalue weighted by Gasteiger charge is -2.29. The van der Waals surface area contributed by atoms with E-state index in [4.69, 9.17) is 0 Å². The van der Waals surface area contributed by atoms with Crippen molar-refractivity contribution in [3.8, 4) is 0 Å². The van der Waals surface area contributed by atoms with E-state index < -0.39 is 30.3 Å². The minimum atomic E-state index is -1.48. The van der Waals surface area contributed by atoms with Crippen LogP contribution in [0.1, 0.15) is 72.1 Å². The van der Waals surface area contributed by atoms with Crippen molar-refractivity contribution in [2.45, 2.75) is 108 Å². The molecule has 172 valence electrons. The molecule has 3 fully saturated rings. The molecule has 1 amide bonds. The lowest BCUT2D eigenvalue weighted by Crippen LogP contribution is -2.53. The van der Waals surface area contributed by atoms with Gasteiger partial charge < -0.3 is 5.32 Å². The van der Waals surface area contributed by atoms with Crippen LogP contribution in [-0.4, -0.2) is 48.1 Å². The van der Waals surface area contributed by atoms with Gasteiger partial charge in [-0.15, -0.1) is 0 Å². The van der Waals surface area contributed by atoms with E-state index in [9.17, 15) is 18.0 Å². The first-order chi connectivity index (χ1) is 14.1. The van der Waals surface area contributed by atoms with Crippen molar-refractivity contribution < 1.29 is 18.0 Å². The Morgan fingerprint density at radius 3 is 2.23 bits per heavy atom. The molecule has 2 saturated carbocycles. The van der Waals surface area contributed by atoms with Crippen molar-refractivity contribution in [2.75, 3.05) is 0 Å². The van der Waals surface area contributed by atoms with Crippen LogP contribution < -0.4 is 21.5 Å². The van der Waals surface area contributed by atoms with Crippen molar-refractivity contribution in [2.24, 2.45) is 16.8 Å². The van der Waals surface area contributed by atoms with E-state index in [1.807, 2.05) is 20.8 Å². The van der Waals surface area contributed by atoms with Gasteiger partial charge in [-0.05, 0) is 65.2 Å². The third-order valence-electron chi connectivity index (χ3n) is 6.25. The Morgan fingerprint density at radius 2 is 1.60 bits per heavy atom. The minimum Gasteiger partial charge on any atom is -0.351 e. The summed E-state index contributed by atoms with van der Waals surface area (Å²) in [5.74, 6) is -0.632. The number of carbonyl (C=O) groups excluding carboxylic acids is 1. The first kappa shape index (κ1) is 23.3. The summed E-state index contributed by atoms with van der Waals surface area (Å²) >= 11 is 0. The fourth-order valence-electron chi connectivity index (χ4n) is 4.62. The van der Waals surface area contributed by atoms with Crippen LogP contribution in [-0.2, 0) is 4.79 Å². The first-order valence-electron chi connectivity index (χ1n) is 11.2. The van der Waals surface area contributed by atoms with Gasteiger partial charge >= 0.3 is 0 Å². The second kappa shape index (κ2) is 9.85. The van der Waals surface area contributed by atoms with E-state index in [1.165, 1.54) is 0 Å². The number of hydrazine groups is 1. The largest absolute Gasteiger partial charge is 0.351 e. The molecule has 4 N–H and O–H groups in total. The number of carbonyl (C=O) groups is 1. The van der Waals surface area contributed by atoms with Crippen LogP contribution in [0, 0.1) is 11.8 Å². The van der Waals surface area contributed by atoms with E-state index in [1.54, 1.807) is 0 Å². The molecule has 0 radical (unpaired) electrons. The molecule has 5 unspecified atom stereocenters. The molecule has 30 heavy (non-hydrogen) atoms. The standard InChI is InChI=1S/C21H36F3N5O/c1-21(2,3)27-20(26-19(30)15-9-8-14(23)10-16(15)24)25-18-11-17(28-29-18)12-4-6-13(22)7-5-12/h12-18,28-29H,4-11H2,1-3H3,(H2,25,26,27,30). The highest BCUT2D eigenvalue weighted by molar-refractivity contribution is 5.98. The number of alkyl halides is 3. The molecule has 6 nitrogen and oxygen atoms in total. The average molecular weight is 432 g/mol. The predicted molar refractivity (Wildman–Crippen MR) is 111 cm³/mol. The smallest absolute Gasteiger partial charge is 0.232 e. The number of guanidine groups is 1. The van der Waals surface area contributed by atoms with Gasteiger partial charge in [0.2, 0.25) is 5.91 Å². The Bertz CT molecular complexity index is 618. The molecule has 5 atom stereocenters. The van der Waals surface area contributed by atoms with Crippen molar-refractivity contribution in [1.82, 2.24) is 21.5 Å². The molecule has 2 aliphatic carbocycles. The van der Waals surface area contributed by atoms with Crippen molar-refractivity contribution in [3.63, 3.8) is 0 Å². The van der Waals surface area contributed by atoms with Gasteiger partial charge in [-0.3, -0.25) is 15.5 Å². The summed E-state index contributed by atoms with van der Waals surface area (Å²) in [6, 6.07) is 0.202. The Hall–Kier alpha value is -1.35. The molecule has 0 aromatic rings. The Balaban J connectivity index is 1.62. The maximum Gasteiger partial charge on any atom is 0.232 e. The Morgan fingerprint density at radius 1 is 0.933 bits per heavy atom. The fraction of sp³-hybridized carbons (Fsp3) is 0.905. The van der Waals surface area contributed by atoms with E-state index in [2.05, 4.69) is 26.5 Å². The SMILES string of the molecule is CC(C)(C)N/C(=N\C1CC(C2CCC(F)CC2)NN1)NC(=O)C1CCC(F)CC1F. The van der Waals surface area contributed by atoms with E-state index in [-0.39, 0.29) is 43.0 Å². The summed E-state index contributed by atoms with van der Waals surface area (Å²) in [5, 5.41) is 5.92. The van der Waals surface area contributed by atoms with Crippen LogP contribution >= 0.6 is 0 Å².